The summed E-state index contributed by atoms with van der Waals surface area (Å²) in [5.41, 5.74) is 0.820. The van der Waals surface area contributed by atoms with E-state index in [1.165, 1.54) is 17.7 Å². The van der Waals surface area contributed by atoms with Crippen LogP contribution in [0.15, 0.2) is 29.1 Å². The molecule has 1 amide bonds. The van der Waals surface area contributed by atoms with Crippen LogP contribution >= 0.6 is 11.3 Å². The van der Waals surface area contributed by atoms with Gasteiger partial charge in [0.05, 0.1) is 29.2 Å². The highest BCUT2D eigenvalue weighted by Gasteiger charge is 2.19. The fourth-order valence-corrected chi connectivity index (χ4v) is 3.39. The third-order valence-corrected chi connectivity index (χ3v) is 4.70. The Bertz CT molecular complexity index is 843. The van der Waals surface area contributed by atoms with Gasteiger partial charge in [-0.3, -0.25) is 4.79 Å². The van der Waals surface area contributed by atoms with E-state index in [9.17, 15) is 9.90 Å². The predicted octanol–water partition coefficient (Wildman–Crippen LogP) is 2.32. The van der Waals surface area contributed by atoms with E-state index in [0.717, 1.165) is 21.5 Å². The molecule has 0 spiro atoms. The summed E-state index contributed by atoms with van der Waals surface area (Å²) in [5, 5.41) is 16.1. The molecule has 0 aliphatic rings. The third kappa shape index (κ3) is 3.39. The maximum atomic E-state index is 12.3. The molecule has 3 heterocycles. The average molecular weight is 346 g/mol. The Kier molecular flexibility index (Phi) is 4.77. The quantitative estimate of drug-likeness (QED) is 0.633. The van der Waals surface area contributed by atoms with E-state index in [1.807, 2.05) is 19.1 Å². The van der Waals surface area contributed by atoms with Gasteiger partial charge in [0.1, 0.15) is 22.7 Å². The van der Waals surface area contributed by atoms with Crippen molar-refractivity contribution >= 4 is 33.3 Å². The van der Waals surface area contributed by atoms with Crippen LogP contribution in [0.5, 0.6) is 0 Å². The van der Waals surface area contributed by atoms with Crippen molar-refractivity contribution in [1.82, 2.24) is 15.3 Å². The summed E-state index contributed by atoms with van der Waals surface area (Å²) in [6.07, 6.45) is 2.50. The van der Waals surface area contributed by atoms with Crippen LogP contribution in [-0.4, -0.2) is 33.6 Å². The lowest BCUT2D eigenvalue weighted by molar-refractivity contribution is 0.0927. The lowest BCUT2D eigenvalue weighted by Gasteiger charge is -2.07. The number of carbonyl (C=O) groups excluding carboxylic acids is 1. The van der Waals surface area contributed by atoms with Crippen molar-refractivity contribution in [3.63, 3.8) is 0 Å². The fourth-order valence-electron chi connectivity index (χ4n) is 2.33. The number of fused-ring (bicyclic) bond motifs is 1. The van der Waals surface area contributed by atoms with Crippen LogP contribution in [0.1, 0.15) is 27.9 Å². The Morgan fingerprint density at radius 1 is 1.46 bits per heavy atom. The van der Waals surface area contributed by atoms with Gasteiger partial charge in [0.2, 0.25) is 0 Å². The summed E-state index contributed by atoms with van der Waals surface area (Å²) in [6.45, 7) is 4.21. The van der Waals surface area contributed by atoms with Crippen molar-refractivity contribution in [1.29, 1.82) is 0 Å². The first kappa shape index (κ1) is 16.4. The zero-order valence-electron chi connectivity index (χ0n) is 13.4. The number of carbonyl (C=O) groups is 1. The molecular formula is C16H18N4O3S. The lowest BCUT2D eigenvalue weighted by atomic mass is 10.2. The maximum Gasteiger partial charge on any atom is 0.261 e. The average Bonchev–Trinajstić information content (AvgIpc) is 3.19. The number of hydrogen-bond donors (Lipinski definition) is 3. The van der Waals surface area contributed by atoms with Crippen LogP contribution in [0.3, 0.4) is 0 Å². The minimum Gasteiger partial charge on any atom is -0.467 e. The molecule has 3 aromatic heterocycles. The van der Waals surface area contributed by atoms with Gasteiger partial charge in [-0.2, -0.15) is 0 Å². The number of amides is 1. The number of thiophene rings is 1. The van der Waals surface area contributed by atoms with E-state index >= 15 is 0 Å². The second-order valence-electron chi connectivity index (χ2n) is 5.45. The van der Waals surface area contributed by atoms with Crippen LogP contribution in [0.2, 0.25) is 0 Å². The highest BCUT2D eigenvalue weighted by molar-refractivity contribution is 7.20. The predicted molar refractivity (Wildman–Crippen MR) is 92.2 cm³/mol. The summed E-state index contributed by atoms with van der Waals surface area (Å²) in [7, 11) is 0. The smallest absolute Gasteiger partial charge is 0.261 e. The molecule has 0 aliphatic carbocycles. The van der Waals surface area contributed by atoms with Crippen molar-refractivity contribution in [2.45, 2.75) is 26.5 Å². The molecule has 0 saturated heterocycles. The van der Waals surface area contributed by atoms with E-state index in [1.54, 1.807) is 13.2 Å². The fraction of sp³-hybridized carbons (Fsp3) is 0.312. The van der Waals surface area contributed by atoms with Crippen molar-refractivity contribution in [3.05, 3.63) is 40.9 Å². The first-order valence-electron chi connectivity index (χ1n) is 7.53. The first-order valence-corrected chi connectivity index (χ1v) is 8.34. The molecule has 8 heteroatoms. The molecule has 3 N–H and O–H groups in total. The number of aliphatic hydroxyl groups is 1. The zero-order chi connectivity index (χ0) is 17.1. The molecule has 0 saturated carbocycles. The number of aromatic nitrogens is 2. The Labute approximate surface area is 142 Å². The van der Waals surface area contributed by atoms with E-state index in [4.69, 9.17) is 4.42 Å². The van der Waals surface area contributed by atoms with Crippen LogP contribution in [-0.2, 0) is 6.54 Å². The number of furan rings is 1. The van der Waals surface area contributed by atoms with Crippen LogP contribution in [0.25, 0.3) is 10.2 Å². The number of anilines is 1. The van der Waals surface area contributed by atoms with Crippen molar-refractivity contribution < 1.29 is 14.3 Å². The van der Waals surface area contributed by atoms with Gasteiger partial charge in [0.25, 0.3) is 5.91 Å². The molecule has 0 aromatic carbocycles. The summed E-state index contributed by atoms with van der Waals surface area (Å²) < 4.78 is 5.30. The molecule has 1 unspecified atom stereocenters. The van der Waals surface area contributed by atoms with Gasteiger partial charge >= 0.3 is 0 Å². The molecule has 1 atom stereocenters. The minimum absolute atomic E-state index is 0.210. The summed E-state index contributed by atoms with van der Waals surface area (Å²) >= 11 is 1.31. The normalized spacial score (nSPS) is 12.3. The number of rotatable bonds is 6. The Hall–Kier alpha value is -2.45. The van der Waals surface area contributed by atoms with Crippen LogP contribution in [0.4, 0.5) is 5.82 Å². The molecular weight excluding hydrogens is 328 g/mol. The highest BCUT2D eigenvalue weighted by atomic mass is 32.1. The topological polar surface area (TPSA) is 100 Å². The van der Waals surface area contributed by atoms with Crippen molar-refractivity contribution in [2.75, 3.05) is 11.9 Å². The second-order valence-corrected chi connectivity index (χ2v) is 6.45. The molecule has 126 valence electrons. The minimum atomic E-state index is -0.589. The summed E-state index contributed by atoms with van der Waals surface area (Å²) in [6, 6.07) is 3.70. The van der Waals surface area contributed by atoms with E-state index in [0.29, 0.717) is 17.2 Å². The van der Waals surface area contributed by atoms with Gasteiger partial charge in [0, 0.05) is 6.54 Å². The monoisotopic (exact) mass is 346 g/mol. The van der Waals surface area contributed by atoms with Gasteiger partial charge in [-0.15, -0.1) is 11.3 Å². The van der Waals surface area contributed by atoms with Crippen LogP contribution in [0, 0.1) is 6.92 Å². The second kappa shape index (κ2) is 6.98. The highest BCUT2D eigenvalue weighted by Crippen LogP contribution is 2.33. The Morgan fingerprint density at radius 2 is 2.29 bits per heavy atom. The number of aryl methyl sites for hydroxylation is 1. The van der Waals surface area contributed by atoms with E-state index < -0.39 is 6.10 Å². The van der Waals surface area contributed by atoms with Gasteiger partial charge in [-0.05, 0) is 31.5 Å². The molecule has 0 fully saturated rings. The first-order chi connectivity index (χ1) is 11.6. The van der Waals surface area contributed by atoms with Crippen molar-refractivity contribution in [2.24, 2.45) is 0 Å². The number of aliphatic hydroxyl groups excluding tert-OH is 1. The zero-order valence-corrected chi connectivity index (χ0v) is 14.2. The molecule has 7 nitrogen and oxygen atoms in total. The number of nitrogens with one attached hydrogen (secondary N) is 2. The summed E-state index contributed by atoms with van der Waals surface area (Å²) in [5.74, 6) is 1.25. The largest absolute Gasteiger partial charge is 0.467 e. The molecule has 0 aliphatic heterocycles. The Balaban J connectivity index is 1.87. The van der Waals surface area contributed by atoms with Crippen molar-refractivity contribution in [3.8, 4) is 0 Å². The molecule has 3 aromatic rings. The molecule has 24 heavy (non-hydrogen) atoms. The number of hydrogen-bond acceptors (Lipinski definition) is 7. The van der Waals surface area contributed by atoms with E-state index in [2.05, 4.69) is 20.6 Å². The van der Waals surface area contributed by atoms with Crippen LogP contribution < -0.4 is 10.6 Å². The van der Waals surface area contributed by atoms with Gasteiger partial charge in [-0.1, -0.05) is 0 Å². The van der Waals surface area contributed by atoms with E-state index in [-0.39, 0.29) is 12.5 Å². The number of nitrogens with zero attached hydrogens (tertiary/aromatic N) is 2. The maximum absolute atomic E-state index is 12.3. The summed E-state index contributed by atoms with van der Waals surface area (Å²) in [4.78, 5) is 22.2. The third-order valence-electron chi connectivity index (χ3n) is 3.50. The van der Waals surface area contributed by atoms with Gasteiger partial charge in [-0.25, -0.2) is 9.97 Å². The Morgan fingerprint density at radius 3 is 3.00 bits per heavy atom. The molecule has 0 radical (unpaired) electrons. The lowest BCUT2D eigenvalue weighted by Crippen LogP contribution is -2.30. The molecule has 0 bridgehead atoms. The SMILES string of the molecule is Cc1c(C(=O)NCC(C)O)sc2ncnc(NCc3ccco3)c12. The molecule has 3 rings (SSSR count). The van der Waals surface area contributed by atoms with Gasteiger partial charge < -0.3 is 20.2 Å². The standard InChI is InChI=1S/C16H18N4O3S/c1-9(21)6-18-15(22)13-10(2)12-14(19-8-20-16(12)24-13)17-7-11-4-3-5-23-11/h3-5,8-9,21H,6-7H2,1-2H3,(H,18,22)(H,17,19,20). The van der Waals surface area contributed by atoms with Gasteiger partial charge in [0.15, 0.2) is 0 Å².